The van der Waals surface area contributed by atoms with E-state index in [1.165, 1.54) is 0 Å². The van der Waals surface area contributed by atoms with E-state index in [1.807, 2.05) is 5.48 Å². The lowest BCUT2D eigenvalue weighted by Crippen LogP contribution is -2.27. The van der Waals surface area contributed by atoms with E-state index in [4.69, 9.17) is 16.7 Å². The number of carboxylic acids is 1. The van der Waals surface area contributed by atoms with Crippen LogP contribution in [-0.2, 0) is 20.8 Å². The molecule has 86 valence electrons. The quantitative estimate of drug-likeness (QED) is 0.757. The third-order valence-corrected chi connectivity index (χ3v) is 1.87. The Morgan fingerprint density at radius 1 is 1.44 bits per heavy atom. The number of carboxylic acid groups (broad SMARTS) is 1. The second-order valence-corrected chi connectivity index (χ2v) is 3.45. The third-order valence-electron chi connectivity index (χ3n) is 1.64. The smallest absolute Gasteiger partial charge is 0.332 e. The van der Waals surface area contributed by atoms with E-state index in [9.17, 15) is 9.59 Å². The fraction of sp³-hybridized carbons (Fsp3) is 0.200. The van der Waals surface area contributed by atoms with Crippen molar-refractivity contribution in [1.29, 1.82) is 0 Å². The van der Waals surface area contributed by atoms with Gasteiger partial charge in [0.2, 0.25) is 5.91 Å². The first-order valence-corrected chi connectivity index (χ1v) is 4.82. The van der Waals surface area contributed by atoms with Gasteiger partial charge in [0.15, 0.2) is 6.61 Å². The minimum atomic E-state index is -1.15. The van der Waals surface area contributed by atoms with Crippen molar-refractivity contribution >= 4 is 23.5 Å². The van der Waals surface area contributed by atoms with Crippen LogP contribution in [0, 0.1) is 0 Å². The van der Waals surface area contributed by atoms with Gasteiger partial charge in [0.1, 0.15) is 0 Å². The van der Waals surface area contributed by atoms with Gasteiger partial charge in [-0.05, 0) is 17.7 Å². The summed E-state index contributed by atoms with van der Waals surface area (Å²) in [4.78, 5) is 25.8. The molecule has 0 heterocycles. The summed E-state index contributed by atoms with van der Waals surface area (Å²) in [6, 6.07) is 6.81. The summed E-state index contributed by atoms with van der Waals surface area (Å²) in [6.07, 6.45) is 0.0835. The maximum atomic E-state index is 11.2. The highest BCUT2D eigenvalue weighted by Gasteiger charge is 2.04. The van der Waals surface area contributed by atoms with Crippen LogP contribution in [0.15, 0.2) is 24.3 Å². The molecule has 0 spiro atoms. The maximum absolute atomic E-state index is 11.2. The first-order valence-electron chi connectivity index (χ1n) is 4.45. The third kappa shape index (κ3) is 4.77. The number of hydroxylamine groups is 1. The summed E-state index contributed by atoms with van der Waals surface area (Å²) >= 11 is 5.73. The van der Waals surface area contributed by atoms with Crippen LogP contribution < -0.4 is 5.48 Å². The maximum Gasteiger partial charge on any atom is 0.332 e. The molecule has 0 fully saturated rings. The van der Waals surface area contributed by atoms with E-state index in [2.05, 4.69) is 4.84 Å². The predicted octanol–water partition coefficient (Wildman–Crippen LogP) is 1.01. The average Bonchev–Trinajstić information content (AvgIpc) is 2.16. The minimum absolute atomic E-state index is 0.0835. The van der Waals surface area contributed by atoms with Gasteiger partial charge in [-0.25, -0.2) is 10.3 Å². The molecular formula is C10H10ClNO4. The highest BCUT2D eigenvalue weighted by molar-refractivity contribution is 6.30. The van der Waals surface area contributed by atoms with Gasteiger partial charge in [-0.1, -0.05) is 23.7 Å². The molecule has 0 aliphatic carbocycles. The summed E-state index contributed by atoms with van der Waals surface area (Å²) in [5, 5.41) is 8.80. The number of rotatable bonds is 5. The number of halogens is 1. The summed E-state index contributed by atoms with van der Waals surface area (Å²) < 4.78 is 0. The molecule has 1 aromatic carbocycles. The Kier molecular flexibility index (Phi) is 4.75. The first-order chi connectivity index (χ1) is 7.58. The fourth-order valence-corrected chi connectivity index (χ4v) is 1.26. The topological polar surface area (TPSA) is 75.6 Å². The second-order valence-electron chi connectivity index (χ2n) is 3.01. The van der Waals surface area contributed by atoms with E-state index in [-0.39, 0.29) is 6.42 Å². The van der Waals surface area contributed by atoms with Crippen molar-refractivity contribution in [2.45, 2.75) is 6.42 Å². The summed E-state index contributed by atoms with van der Waals surface area (Å²) in [5.74, 6) is -1.58. The number of hydrogen-bond donors (Lipinski definition) is 2. The van der Waals surface area contributed by atoms with E-state index in [1.54, 1.807) is 24.3 Å². The minimum Gasteiger partial charge on any atom is -0.479 e. The van der Waals surface area contributed by atoms with Gasteiger partial charge in [-0.3, -0.25) is 9.63 Å². The summed E-state index contributed by atoms with van der Waals surface area (Å²) in [5.41, 5.74) is 2.74. The Morgan fingerprint density at radius 3 is 2.81 bits per heavy atom. The fourth-order valence-electron chi connectivity index (χ4n) is 1.05. The van der Waals surface area contributed by atoms with Crippen LogP contribution >= 0.6 is 11.6 Å². The largest absolute Gasteiger partial charge is 0.479 e. The molecule has 0 bridgehead atoms. The van der Waals surface area contributed by atoms with Gasteiger partial charge in [0, 0.05) is 5.02 Å². The number of hydrogen-bond acceptors (Lipinski definition) is 3. The molecule has 0 aliphatic rings. The number of benzene rings is 1. The van der Waals surface area contributed by atoms with Crippen molar-refractivity contribution in [3.63, 3.8) is 0 Å². The molecule has 6 heteroatoms. The Hall–Kier alpha value is -1.59. The van der Waals surface area contributed by atoms with Crippen LogP contribution in [0.3, 0.4) is 0 Å². The molecule has 1 rings (SSSR count). The Balaban J connectivity index is 2.37. The van der Waals surface area contributed by atoms with Gasteiger partial charge in [-0.15, -0.1) is 0 Å². The normalized spacial score (nSPS) is 9.81. The van der Waals surface area contributed by atoms with Gasteiger partial charge in [0.05, 0.1) is 6.42 Å². The molecule has 16 heavy (non-hydrogen) atoms. The molecule has 0 saturated carbocycles. The zero-order valence-corrected chi connectivity index (χ0v) is 9.03. The first kappa shape index (κ1) is 12.5. The Bertz CT molecular complexity index is 394. The van der Waals surface area contributed by atoms with Crippen LogP contribution in [0.2, 0.25) is 5.02 Å². The van der Waals surface area contributed by atoms with Crippen molar-refractivity contribution in [3.05, 3.63) is 34.9 Å². The zero-order chi connectivity index (χ0) is 12.0. The highest BCUT2D eigenvalue weighted by atomic mass is 35.5. The Morgan fingerprint density at radius 2 is 2.19 bits per heavy atom. The van der Waals surface area contributed by atoms with Crippen LogP contribution in [0.4, 0.5) is 0 Å². The predicted molar refractivity (Wildman–Crippen MR) is 56.9 cm³/mol. The number of nitrogens with one attached hydrogen (secondary N) is 1. The van der Waals surface area contributed by atoms with Gasteiger partial charge in [-0.2, -0.15) is 0 Å². The van der Waals surface area contributed by atoms with Gasteiger partial charge in [0.25, 0.3) is 0 Å². The lowest BCUT2D eigenvalue weighted by molar-refractivity contribution is -0.149. The average molecular weight is 244 g/mol. The van der Waals surface area contributed by atoms with E-state index >= 15 is 0 Å². The Labute approximate surface area is 96.9 Å². The molecule has 0 unspecified atom stereocenters. The molecule has 0 radical (unpaired) electrons. The van der Waals surface area contributed by atoms with Crippen molar-refractivity contribution in [1.82, 2.24) is 5.48 Å². The standard InChI is InChI=1S/C10H10ClNO4/c11-8-3-1-2-7(4-8)5-9(13)12-16-6-10(14)15/h1-4H,5-6H2,(H,12,13)(H,14,15). The summed E-state index contributed by atoms with van der Waals surface area (Å²) in [6.45, 7) is -0.568. The van der Waals surface area contributed by atoms with Crippen LogP contribution in [0.5, 0.6) is 0 Å². The molecule has 1 aromatic rings. The van der Waals surface area contributed by atoms with Crippen LogP contribution in [0.1, 0.15) is 5.56 Å². The molecule has 0 aromatic heterocycles. The van der Waals surface area contributed by atoms with Crippen molar-refractivity contribution in [3.8, 4) is 0 Å². The number of carbonyl (C=O) groups is 2. The molecule has 0 saturated heterocycles. The number of aliphatic carboxylic acids is 1. The lowest BCUT2D eigenvalue weighted by Gasteiger charge is -2.04. The van der Waals surface area contributed by atoms with Crippen LogP contribution in [0.25, 0.3) is 0 Å². The molecule has 5 nitrogen and oxygen atoms in total. The highest BCUT2D eigenvalue weighted by Crippen LogP contribution is 2.10. The molecule has 0 aliphatic heterocycles. The number of carbonyl (C=O) groups excluding carboxylic acids is 1. The molecular weight excluding hydrogens is 234 g/mol. The van der Waals surface area contributed by atoms with Crippen molar-refractivity contribution in [2.24, 2.45) is 0 Å². The zero-order valence-electron chi connectivity index (χ0n) is 8.27. The monoisotopic (exact) mass is 243 g/mol. The second kappa shape index (κ2) is 6.09. The molecule has 1 amide bonds. The summed E-state index contributed by atoms with van der Waals surface area (Å²) in [7, 11) is 0. The van der Waals surface area contributed by atoms with Gasteiger partial charge >= 0.3 is 5.97 Å². The van der Waals surface area contributed by atoms with Crippen molar-refractivity contribution < 1.29 is 19.5 Å². The molecule has 0 atom stereocenters. The molecule has 2 N–H and O–H groups in total. The van der Waals surface area contributed by atoms with Crippen molar-refractivity contribution in [2.75, 3.05) is 6.61 Å². The van der Waals surface area contributed by atoms with Gasteiger partial charge < -0.3 is 5.11 Å². The van der Waals surface area contributed by atoms with E-state index < -0.39 is 18.5 Å². The van der Waals surface area contributed by atoms with E-state index in [0.29, 0.717) is 5.02 Å². The van der Waals surface area contributed by atoms with E-state index in [0.717, 1.165) is 5.56 Å². The SMILES string of the molecule is O=C(O)CONC(=O)Cc1cccc(Cl)c1. The lowest BCUT2D eigenvalue weighted by atomic mass is 10.1. The number of amides is 1. The van der Waals surface area contributed by atoms with Crippen LogP contribution in [-0.4, -0.2) is 23.6 Å².